The summed E-state index contributed by atoms with van der Waals surface area (Å²) in [6.07, 6.45) is 5.93. The van der Waals surface area contributed by atoms with E-state index in [-0.39, 0.29) is 23.1 Å². The van der Waals surface area contributed by atoms with Gasteiger partial charge >= 0.3 is 0 Å². The lowest BCUT2D eigenvalue weighted by atomic mass is 10.1. The van der Waals surface area contributed by atoms with Crippen molar-refractivity contribution in [1.29, 1.82) is 0 Å². The monoisotopic (exact) mass is 535 g/mol. The Labute approximate surface area is 220 Å². The molecule has 37 heavy (non-hydrogen) atoms. The van der Waals surface area contributed by atoms with Crippen molar-refractivity contribution in [3.63, 3.8) is 0 Å². The second-order valence-electron chi connectivity index (χ2n) is 8.73. The zero-order valence-electron chi connectivity index (χ0n) is 21.7. The summed E-state index contributed by atoms with van der Waals surface area (Å²) in [4.78, 5) is 30.2. The first kappa shape index (κ1) is 28.8. The van der Waals surface area contributed by atoms with Crippen LogP contribution >= 0.6 is 0 Å². The molecule has 3 N–H and O–H groups in total. The number of morpholine rings is 1. The average Bonchev–Trinajstić information content (AvgIpc) is 3.32. The molecular formula is C25H37N5O6S. The van der Waals surface area contributed by atoms with Gasteiger partial charge < -0.3 is 25.1 Å². The summed E-state index contributed by atoms with van der Waals surface area (Å²) >= 11 is -1.85. The van der Waals surface area contributed by atoms with Gasteiger partial charge in [0.1, 0.15) is 11.6 Å². The first-order chi connectivity index (χ1) is 17.9. The first-order valence-corrected chi connectivity index (χ1v) is 13.8. The molecule has 2 heterocycles. The van der Waals surface area contributed by atoms with Gasteiger partial charge in [-0.3, -0.25) is 9.59 Å². The minimum Gasteiger partial charge on any atom is -0.493 e. The Morgan fingerprint density at radius 3 is 2.62 bits per heavy atom. The Hall–Kier alpha value is -2.80. The van der Waals surface area contributed by atoms with Crippen LogP contribution in [0.2, 0.25) is 0 Å². The van der Waals surface area contributed by atoms with Crippen LogP contribution in [0.1, 0.15) is 79.8 Å². The Bertz CT molecular complexity index is 1090. The average molecular weight is 536 g/mol. The molecule has 1 aliphatic rings. The SMILES string of the molecule is CCCCC(CC)n1cnc(C(N)=O)c1NC(=O)c1cc(S(=O)ON2CCOCC2)ccc1OCCC. The van der Waals surface area contributed by atoms with Crippen LogP contribution in [0.4, 0.5) is 5.82 Å². The van der Waals surface area contributed by atoms with Crippen molar-refractivity contribution in [2.45, 2.75) is 63.8 Å². The van der Waals surface area contributed by atoms with Gasteiger partial charge in [0.2, 0.25) is 11.1 Å². The first-order valence-electron chi connectivity index (χ1n) is 12.8. The van der Waals surface area contributed by atoms with Crippen molar-refractivity contribution in [2.75, 3.05) is 38.2 Å². The summed E-state index contributed by atoms with van der Waals surface area (Å²) in [6.45, 7) is 8.46. The van der Waals surface area contributed by atoms with Gasteiger partial charge in [0.05, 0.1) is 36.6 Å². The van der Waals surface area contributed by atoms with Crippen LogP contribution in [0.25, 0.3) is 0 Å². The van der Waals surface area contributed by atoms with Crippen LogP contribution in [0.5, 0.6) is 5.75 Å². The molecule has 1 aliphatic heterocycles. The van der Waals surface area contributed by atoms with Gasteiger partial charge in [0.25, 0.3) is 11.8 Å². The quantitative estimate of drug-likeness (QED) is 0.375. The summed E-state index contributed by atoms with van der Waals surface area (Å²) in [5.41, 5.74) is 5.71. The number of amides is 2. The fourth-order valence-corrected chi connectivity index (χ4v) is 4.80. The number of primary amides is 1. The molecule has 1 fully saturated rings. The molecule has 0 bridgehead atoms. The molecule has 0 spiro atoms. The smallest absolute Gasteiger partial charge is 0.271 e. The molecule has 2 aromatic rings. The lowest BCUT2D eigenvalue weighted by Gasteiger charge is -2.24. The number of imidazole rings is 1. The van der Waals surface area contributed by atoms with Gasteiger partial charge in [0.15, 0.2) is 5.69 Å². The maximum Gasteiger partial charge on any atom is 0.271 e. The van der Waals surface area contributed by atoms with Crippen molar-refractivity contribution in [2.24, 2.45) is 5.73 Å². The molecule has 204 valence electrons. The highest BCUT2D eigenvalue weighted by molar-refractivity contribution is 7.80. The fourth-order valence-electron chi connectivity index (χ4n) is 3.98. The van der Waals surface area contributed by atoms with Gasteiger partial charge in [-0.05, 0) is 37.5 Å². The molecule has 2 amide bonds. The van der Waals surface area contributed by atoms with Crippen molar-refractivity contribution >= 4 is 28.7 Å². The molecule has 2 atom stereocenters. The van der Waals surface area contributed by atoms with Crippen LogP contribution in [0.15, 0.2) is 29.4 Å². The molecule has 3 rings (SSSR count). The van der Waals surface area contributed by atoms with Gasteiger partial charge in [-0.25, -0.2) is 9.19 Å². The fraction of sp³-hybridized carbons (Fsp3) is 0.560. The summed E-state index contributed by atoms with van der Waals surface area (Å²) in [5, 5.41) is 4.41. The van der Waals surface area contributed by atoms with E-state index < -0.39 is 22.9 Å². The molecule has 0 radical (unpaired) electrons. The van der Waals surface area contributed by atoms with Crippen LogP contribution < -0.4 is 15.8 Å². The van der Waals surface area contributed by atoms with E-state index in [1.807, 2.05) is 13.8 Å². The zero-order valence-corrected chi connectivity index (χ0v) is 22.6. The molecular weight excluding hydrogens is 498 g/mol. The van der Waals surface area contributed by atoms with E-state index in [9.17, 15) is 13.8 Å². The van der Waals surface area contributed by atoms with Crippen LogP contribution in [0.3, 0.4) is 0 Å². The Kier molecular flexibility index (Phi) is 11.1. The van der Waals surface area contributed by atoms with Crippen LogP contribution in [0, 0.1) is 0 Å². The van der Waals surface area contributed by atoms with E-state index in [1.165, 1.54) is 12.4 Å². The number of nitrogens with two attached hydrogens (primary N) is 1. The van der Waals surface area contributed by atoms with Gasteiger partial charge in [0, 0.05) is 19.1 Å². The number of hydrogen-bond donors (Lipinski definition) is 2. The van der Waals surface area contributed by atoms with Crippen LogP contribution in [-0.2, 0) is 20.1 Å². The van der Waals surface area contributed by atoms with Gasteiger partial charge in [-0.1, -0.05) is 33.6 Å². The Balaban J connectivity index is 1.92. The zero-order chi connectivity index (χ0) is 26.8. The topological polar surface area (TPSA) is 138 Å². The molecule has 1 aromatic heterocycles. The number of hydroxylamine groups is 2. The molecule has 1 saturated heterocycles. The third kappa shape index (κ3) is 7.60. The third-order valence-electron chi connectivity index (χ3n) is 6.01. The van der Waals surface area contributed by atoms with E-state index in [0.29, 0.717) is 43.6 Å². The highest BCUT2D eigenvalue weighted by atomic mass is 32.2. The standard InChI is InChI=1S/C25H37N5O6S/c1-4-7-8-18(6-3)30-17-27-22(23(26)31)24(30)28-25(32)20-16-19(9-10-21(20)35-13-5-2)37(33)36-29-11-14-34-15-12-29/h9-10,16-18H,4-8,11-15H2,1-3H3,(H2,26,31)(H,28,32). The van der Waals surface area contributed by atoms with E-state index in [4.69, 9.17) is 19.5 Å². The summed E-state index contributed by atoms with van der Waals surface area (Å²) in [6, 6.07) is 4.72. The van der Waals surface area contributed by atoms with E-state index in [2.05, 4.69) is 17.2 Å². The number of rotatable bonds is 14. The number of unbranched alkanes of at least 4 members (excludes halogenated alkanes) is 1. The highest BCUT2D eigenvalue weighted by Gasteiger charge is 2.25. The number of hydrogen-bond acceptors (Lipinski definition) is 8. The number of ether oxygens (including phenoxy) is 2. The number of nitrogens with zero attached hydrogens (tertiary/aromatic N) is 3. The van der Waals surface area contributed by atoms with Gasteiger partial charge in [-0.15, -0.1) is 0 Å². The number of carbonyl (C=O) groups is 2. The van der Waals surface area contributed by atoms with E-state index >= 15 is 0 Å². The lowest BCUT2D eigenvalue weighted by molar-refractivity contribution is -0.109. The number of carbonyl (C=O) groups excluding carboxylic acids is 2. The second-order valence-corrected chi connectivity index (χ2v) is 9.82. The Morgan fingerprint density at radius 1 is 1.22 bits per heavy atom. The summed E-state index contributed by atoms with van der Waals surface area (Å²) < 4.78 is 31.4. The summed E-state index contributed by atoms with van der Waals surface area (Å²) in [5.74, 6) is -0.712. The highest BCUT2D eigenvalue weighted by Crippen LogP contribution is 2.29. The predicted octanol–water partition coefficient (Wildman–Crippen LogP) is 3.45. The minimum atomic E-state index is -1.85. The Morgan fingerprint density at radius 2 is 1.97 bits per heavy atom. The van der Waals surface area contributed by atoms with Crippen molar-refractivity contribution in [3.05, 3.63) is 35.8 Å². The molecule has 12 heteroatoms. The molecule has 2 unspecified atom stereocenters. The second kappa shape index (κ2) is 14.2. The number of aromatic nitrogens is 2. The van der Waals surface area contributed by atoms with Crippen molar-refractivity contribution in [3.8, 4) is 5.75 Å². The number of nitrogens with one attached hydrogen (secondary N) is 1. The van der Waals surface area contributed by atoms with Crippen LogP contribution in [-0.4, -0.2) is 63.5 Å². The lowest BCUT2D eigenvalue weighted by Crippen LogP contribution is -2.36. The predicted molar refractivity (Wildman–Crippen MR) is 140 cm³/mol. The molecule has 0 saturated carbocycles. The van der Waals surface area contributed by atoms with Gasteiger partial charge in [-0.2, -0.15) is 9.35 Å². The normalized spacial score (nSPS) is 15.8. The maximum absolute atomic E-state index is 13.6. The summed E-state index contributed by atoms with van der Waals surface area (Å²) in [7, 11) is 0. The van der Waals surface area contributed by atoms with Crippen molar-refractivity contribution < 1.29 is 27.6 Å². The van der Waals surface area contributed by atoms with E-state index in [1.54, 1.807) is 21.8 Å². The maximum atomic E-state index is 13.6. The van der Waals surface area contributed by atoms with Crippen molar-refractivity contribution in [1.82, 2.24) is 14.6 Å². The minimum absolute atomic E-state index is 0.0188. The number of anilines is 1. The third-order valence-corrected chi connectivity index (χ3v) is 6.99. The molecule has 0 aliphatic carbocycles. The van der Waals surface area contributed by atoms with E-state index in [0.717, 1.165) is 32.1 Å². The molecule has 11 nitrogen and oxygen atoms in total. The number of benzene rings is 1. The largest absolute Gasteiger partial charge is 0.493 e. The molecule has 1 aromatic carbocycles.